The quantitative estimate of drug-likeness (QED) is 0.757. The summed E-state index contributed by atoms with van der Waals surface area (Å²) in [5.74, 6) is 0. The van der Waals surface area contributed by atoms with E-state index in [-0.39, 0.29) is 12.1 Å². The molecule has 1 aliphatic rings. The second kappa shape index (κ2) is 3.70. The fraction of sp³-hybridized carbons (Fsp3) is 0.364. The van der Waals surface area contributed by atoms with E-state index in [1.54, 1.807) is 0 Å². The van der Waals surface area contributed by atoms with Crippen molar-refractivity contribution >= 4 is 6.03 Å². The highest BCUT2D eigenvalue weighted by Gasteiger charge is 2.25. The van der Waals surface area contributed by atoms with E-state index in [0.29, 0.717) is 0 Å². The van der Waals surface area contributed by atoms with Gasteiger partial charge in [0.25, 0.3) is 0 Å². The Bertz CT molecular complexity index is 323. The van der Waals surface area contributed by atoms with Crippen LogP contribution < -0.4 is 5.32 Å². The van der Waals surface area contributed by atoms with Gasteiger partial charge >= 0.3 is 6.03 Å². The van der Waals surface area contributed by atoms with E-state index in [9.17, 15) is 4.79 Å². The zero-order valence-electron chi connectivity index (χ0n) is 8.23. The number of rotatable bonds is 2. The van der Waals surface area contributed by atoms with Gasteiger partial charge in [-0.1, -0.05) is 30.3 Å². The monoisotopic (exact) mass is 190 g/mol. The number of amides is 2. The molecule has 1 unspecified atom stereocenters. The first-order valence-corrected chi connectivity index (χ1v) is 4.88. The number of nitrogens with zero attached hydrogens (tertiary/aromatic N) is 1. The topological polar surface area (TPSA) is 32.3 Å². The number of carbonyl (C=O) groups excluding carboxylic acids is 1. The first-order chi connectivity index (χ1) is 6.79. The van der Waals surface area contributed by atoms with Crippen molar-refractivity contribution in [1.82, 2.24) is 10.2 Å². The molecule has 1 N–H and O–H groups in total. The van der Waals surface area contributed by atoms with Gasteiger partial charge in [0, 0.05) is 13.1 Å². The molecule has 0 saturated carbocycles. The number of urea groups is 1. The van der Waals surface area contributed by atoms with Crippen LogP contribution in [0.2, 0.25) is 0 Å². The van der Waals surface area contributed by atoms with Crippen LogP contribution >= 0.6 is 0 Å². The predicted molar refractivity (Wildman–Crippen MR) is 55.0 cm³/mol. The van der Waals surface area contributed by atoms with Crippen LogP contribution in [-0.4, -0.2) is 24.0 Å². The number of benzene rings is 1. The molecule has 3 heteroatoms. The highest BCUT2D eigenvalue weighted by Crippen LogP contribution is 2.20. The molecule has 1 saturated heterocycles. The highest BCUT2D eigenvalue weighted by atomic mass is 16.2. The van der Waals surface area contributed by atoms with Gasteiger partial charge in [0.15, 0.2) is 0 Å². The molecule has 0 radical (unpaired) electrons. The van der Waals surface area contributed by atoms with E-state index < -0.39 is 0 Å². The minimum atomic E-state index is 0.0429. The first kappa shape index (κ1) is 9.06. The lowest BCUT2D eigenvalue weighted by Gasteiger charge is -2.23. The molecule has 0 bridgehead atoms. The van der Waals surface area contributed by atoms with Crippen LogP contribution in [0.1, 0.15) is 18.5 Å². The summed E-state index contributed by atoms with van der Waals surface area (Å²) in [6, 6.07) is 10.3. The van der Waals surface area contributed by atoms with Gasteiger partial charge in [0.05, 0.1) is 6.04 Å². The zero-order chi connectivity index (χ0) is 9.97. The standard InChI is InChI=1S/C11H14N2O/c1-9(10-5-3-2-4-6-10)13-8-7-12-11(13)14/h2-6,9H,7-8H2,1H3,(H,12,14). The average molecular weight is 190 g/mol. The SMILES string of the molecule is CC(c1ccccc1)N1CCNC1=O. The van der Waals surface area contributed by atoms with E-state index in [0.717, 1.165) is 13.1 Å². The van der Waals surface area contributed by atoms with Gasteiger partial charge in [0.2, 0.25) is 0 Å². The van der Waals surface area contributed by atoms with Crippen molar-refractivity contribution in [3.8, 4) is 0 Å². The summed E-state index contributed by atoms with van der Waals surface area (Å²) in [5.41, 5.74) is 1.18. The van der Waals surface area contributed by atoms with Crippen LogP contribution in [0.4, 0.5) is 4.79 Å². The summed E-state index contributed by atoms with van der Waals surface area (Å²) in [6.45, 7) is 3.62. The first-order valence-electron chi connectivity index (χ1n) is 4.88. The largest absolute Gasteiger partial charge is 0.336 e. The highest BCUT2D eigenvalue weighted by molar-refractivity contribution is 5.76. The van der Waals surface area contributed by atoms with Gasteiger partial charge in [-0.25, -0.2) is 4.79 Å². The minimum absolute atomic E-state index is 0.0429. The van der Waals surface area contributed by atoms with Gasteiger partial charge in [-0.05, 0) is 12.5 Å². The van der Waals surface area contributed by atoms with E-state index in [1.165, 1.54) is 5.56 Å². The van der Waals surface area contributed by atoms with Gasteiger partial charge < -0.3 is 10.2 Å². The van der Waals surface area contributed by atoms with E-state index in [2.05, 4.69) is 24.4 Å². The molecule has 3 nitrogen and oxygen atoms in total. The van der Waals surface area contributed by atoms with E-state index in [4.69, 9.17) is 0 Å². The third kappa shape index (κ3) is 1.58. The number of hydrogen-bond acceptors (Lipinski definition) is 1. The van der Waals surface area contributed by atoms with E-state index >= 15 is 0 Å². The lowest BCUT2D eigenvalue weighted by Crippen LogP contribution is -2.30. The Balaban J connectivity index is 2.16. The molecule has 2 amide bonds. The lowest BCUT2D eigenvalue weighted by atomic mass is 10.1. The van der Waals surface area contributed by atoms with Crippen LogP contribution in [0.3, 0.4) is 0 Å². The number of nitrogens with one attached hydrogen (secondary N) is 1. The molecule has 0 spiro atoms. The lowest BCUT2D eigenvalue weighted by molar-refractivity contribution is 0.202. The molecule has 1 fully saturated rings. The summed E-state index contributed by atoms with van der Waals surface area (Å²) in [4.78, 5) is 13.3. The maximum Gasteiger partial charge on any atom is 0.318 e. The van der Waals surface area contributed by atoms with Crippen LogP contribution in [0.5, 0.6) is 0 Å². The Kier molecular flexibility index (Phi) is 2.39. The van der Waals surface area contributed by atoms with Gasteiger partial charge in [-0.15, -0.1) is 0 Å². The van der Waals surface area contributed by atoms with Gasteiger partial charge in [0.1, 0.15) is 0 Å². The number of carbonyl (C=O) groups is 1. The van der Waals surface area contributed by atoms with Crippen LogP contribution in [0.25, 0.3) is 0 Å². The third-order valence-corrected chi connectivity index (χ3v) is 2.64. The molecule has 1 aromatic carbocycles. The van der Waals surface area contributed by atoms with Crippen molar-refractivity contribution in [2.45, 2.75) is 13.0 Å². The Hall–Kier alpha value is -1.51. The molecule has 1 heterocycles. The predicted octanol–water partition coefficient (Wildman–Crippen LogP) is 1.77. The average Bonchev–Trinajstić information content (AvgIpc) is 2.65. The summed E-state index contributed by atoms with van der Waals surface area (Å²) in [6.07, 6.45) is 0. The molecular formula is C11H14N2O. The second-order valence-electron chi connectivity index (χ2n) is 3.51. The fourth-order valence-corrected chi connectivity index (χ4v) is 1.77. The van der Waals surface area contributed by atoms with Crippen LogP contribution in [-0.2, 0) is 0 Å². The summed E-state index contributed by atoms with van der Waals surface area (Å²) < 4.78 is 0. The van der Waals surface area contributed by atoms with Crippen molar-refractivity contribution in [3.05, 3.63) is 35.9 Å². The van der Waals surface area contributed by atoms with E-state index in [1.807, 2.05) is 23.1 Å². The van der Waals surface area contributed by atoms with Crippen molar-refractivity contribution in [2.24, 2.45) is 0 Å². The summed E-state index contributed by atoms with van der Waals surface area (Å²) in [5, 5.41) is 2.81. The summed E-state index contributed by atoms with van der Waals surface area (Å²) >= 11 is 0. The van der Waals surface area contributed by atoms with Crippen LogP contribution in [0.15, 0.2) is 30.3 Å². The Morgan fingerprint density at radius 3 is 2.64 bits per heavy atom. The molecule has 2 rings (SSSR count). The Morgan fingerprint density at radius 1 is 1.36 bits per heavy atom. The third-order valence-electron chi connectivity index (χ3n) is 2.64. The molecule has 0 aromatic heterocycles. The van der Waals surface area contributed by atoms with Crippen molar-refractivity contribution in [1.29, 1.82) is 0 Å². The molecule has 74 valence electrons. The molecule has 1 atom stereocenters. The minimum Gasteiger partial charge on any atom is -0.336 e. The van der Waals surface area contributed by atoms with Gasteiger partial charge in [-0.3, -0.25) is 0 Å². The molecule has 14 heavy (non-hydrogen) atoms. The maximum absolute atomic E-state index is 11.4. The summed E-state index contributed by atoms with van der Waals surface area (Å²) in [7, 11) is 0. The fourth-order valence-electron chi connectivity index (χ4n) is 1.77. The zero-order valence-corrected chi connectivity index (χ0v) is 8.23. The van der Waals surface area contributed by atoms with Gasteiger partial charge in [-0.2, -0.15) is 0 Å². The normalized spacial score (nSPS) is 18.1. The molecule has 1 aromatic rings. The van der Waals surface area contributed by atoms with Crippen molar-refractivity contribution in [3.63, 3.8) is 0 Å². The second-order valence-corrected chi connectivity index (χ2v) is 3.51. The maximum atomic E-state index is 11.4. The number of hydrogen-bond donors (Lipinski definition) is 1. The van der Waals surface area contributed by atoms with Crippen molar-refractivity contribution in [2.75, 3.05) is 13.1 Å². The molecule has 0 aliphatic carbocycles. The molecular weight excluding hydrogens is 176 g/mol. The Labute approximate surface area is 83.7 Å². The van der Waals surface area contributed by atoms with Crippen molar-refractivity contribution < 1.29 is 4.79 Å². The smallest absolute Gasteiger partial charge is 0.318 e. The van der Waals surface area contributed by atoms with Crippen LogP contribution in [0, 0.1) is 0 Å². The molecule has 1 aliphatic heterocycles. The Morgan fingerprint density at radius 2 is 2.07 bits per heavy atom.